The van der Waals surface area contributed by atoms with Crippen molar-refractivity contribution in [3.8, 4) is 23.0 Å². The van der Waals surface area contributed by atoms with Gasteiger partial charge in [0.25, 0.3) is 11.8 Å². The summed E-state index contributed by atoms with van der Waals surface area (Å²) in [6, 6.07) is 9.25. The van der Waals surface area contributed by atoms with Crippen LogP contribution in [0.5, 0.6) is 23.0 Å². The molecule has 0 unspecified atom stereocenters. The number of halogens is 2. The molecule has 4 aliphatic rings. The first-order valence-corrected chi connectivity index (χ1v) is 14.6. The van der Waals surface area contributed by atoms with Crippen LogP contribution in [0.15, 0.2) is 48.0 Å². The summed E-state index contributed by atoms with van der Waals surface area (Å²) in [5.74, 6) is -5.10. The van der Waals surface area contributed by atoms with E-state index in [0.717, 1.165) is 10.5 Å². The number of nitrogens with zero attached hydrogens (tertiary/aromatic N) is 2. The maximum Gasteiger partial charge on any atom is 0.253 e. The van der Waals surface area contributed by atoms with E-state index in [4.69, 9.17) is 32.7 Å². The second kappa shape index (κ2) is 10.2. The zero-order valence-electron chi connectivity index (χ0n) is 23.7. The highest BCUT2D eigenvalue weighted by Gasteiger charge is 2.76. The summed E-state index contributed by atoms with van der Waals surface area (Å²) in [5, 5.41) is 19.9. The van der Waals surface area contributed by atoms with E-state index in [-0.39, 0.29) is 54.2 Å². The molecule has 0 radical (unpaired) electrons. The predicted molar refractivity (Wildman–Crippen MR) is 155 cm³/mol. The highest BCUT2D eigenvalue weighted by atomic mass is 35.5. The van der Waals surface area contributed by atoms with Gasteiger partial charge < -0.3 is 19.7 Å². The Morgan fingerprint density at radius 1 is 0.907 bits per heavy atom. The van der Waals surface area contributed by atoms with Gasteiger partial charge in [-0.3, -0.25) is 29.0 Å². The van der Waals surface area contributed by atoms with E-state index in [2.05, 4.69) is 0 Å². The summed E-state index contributed by atoms with van der Waals surface area (Å²) in [5.41, 5.74) is 1.74. The molecule has 226 valence electrons. The number of likely N-dealkylation sites (tertiary alicyclic amines) is 2. The van der Waals surface area contributed by atoms with Crippen LogP contribution >= 0.6 is 23.2 Å². The van der Waals surface area contributed by atoms with Gasteiger partial charge in [0, 0.05) is 37.2 Å². The van der Waals surface area contributed by atoms with Gasteiger partial charge in [-0.25, -0.2) is 0 Å². The van der Waals surface area contributed by atoms with E-state index < -0.39 is 45.2 Å². The van der Waals surface area contributed by atoms with Crippen molar-refractivity contribution in [2.24, 2.45) is 17.8 Å². The number of allylic oxidation sites excluding steroid dienone is 2. The summed E-state index contributed by atoms with van der Waals surface area (Å²) in [6.45, 7) is 0.145. The van der Waals surface area contributed by atoms with Gasteiger partial charge in [-0.05, 0) is 42.9 Å². The second-order valence-electron chi connectivity index (χ2n) is 11.5. The van der Waals surface area contributed by atoms with Crippen molar-refractivity contribution in [3.05, 3.63) is 59.2 Å². The summed E-state index contributed by atoms with van der Waals surface area (Å²) < 4.78 is 11.2. The number of hydrogen-bond donors (Lipinski definition) is 2. The molecule has 2 heterocycles. The fraction of sp³-hybridized carbons (Fsp3) is 0.419. The van der Waals surface area contributed by atoms with Crippen molar-refractivity contribution in [1.29, 1.82) is 0 Å². The van der Waals surface area contributed by atoms with E-state index in [1.165, 1.54) is 38.3 Å². The molecule has 0 aromatic heterocycles. The van der Waals surface area contributed by atoms with Crippen LogP contribution in [0.1, 0.15) is 29.9 Å². The average molecular weight is 629 g/mol. The number of carbonyl (C=O) groups is 4. The van der Waals surface area contributed by atoms with Gasteiger partial charge in [-0.2, -0.15) is 0 Å². The molecule has 2 aromatic carbocycles. The Hall–Kier alpha value is -3.76. The number of fused-ring (bicyclic) bond motifs is 4. The molecule has 6 rings (SSSR count). The van der Waals surface area contributed by atoms with Crippen LogP contribution in [0.25, 0.3) is 0 Å². The molecular weight excluding hydrogens is 599 g/mol. The summed E-state index contributed by atoms with van der Waals surface area (Å²) in [6.07, 6.45) is 2.31. The van der Waals surface area contributed by atoms with Crippen molar-refractivity contribution in [3.63, 3.8) is 0 Å². The zero-order chi connectivity index (χ0) is 31.0. The number of imide groups is 2. The molecule has 6 atom stereocenters. The number of aromatic hydroxyl groups is 2. The minimum Gasteiger partial charge on any atom is -0.508 e. The van der Waals surface area contributed by atoms with Crippen molar-refractivity contribution in [1.82, 2.24) is 9.80 Å². The lowest BCUT2D eigenvalue weighted by Gasteiger charge is -2.51. The first kappa shape index (κ1) is 29.3. The molecule has 0 bridgehead atoms. The van der Waals surface area contributed by atoms with E-state index in [9.17, 15) is 29.4 Å². The molecule has 10 nitrogen and oxygen atoms in total. The first-order chi connectivity index (χ1) is 20.4. The highest BCUT2D eigenvalue weighted by Crippen LogP contribution is 2.67. The number of phenolic OH excluding ortho intramolecular Hbond substituents is 2. The summed E-state index contributed by atoms with van der Waals surface area (Å²) in [4.78, 5) is 53.3. The maximum atomic E-state index is 14.0. The van der Waals surface area contributed by atoms with Crippen LogP contribution in [0.3, 0.4) is 0 Å². The number of carbonyl (C=O) groups excluding carboxylic acids is 4. The lowest BCUT2D eigenvalue weighted by Crippen LogP contribution is -2.60. The Bertz CT molecular complexity index is 1570. The van der Waals surface area contributed by atoms with Crippen LogP contribution in [0.2, 0.25) is 0 Å². The van der Waals surface area contributed by atoms with Gasteiger partial charge in [0.2, 0.25) is 11.8 Å². The molecule has 1 saturated carbocycles. The van der Waals surface area contributed by atoms with Crippen molar-refractivity contribution in [2.75, 3.05) is 27.8 Å². The molecule has 0 spiro atoms. The number of methoxy groups -OCH3 is 2. The van der Waals surface area contributed by atoms with Gasteiger partial charge >= 0.3 is 0 Å². The molecule has 2 saturated heterocycles. The van der Waals surface area contributed by atoms with Crippen LogP contribution in [0, 0.1) is 17.8 Å². The number of rotatable bonds is 6. The fourth-order valence-electron chi connectivity index (χ4n) is 7.46. The van der Waals surface area contributed by atoms with E-state index in [1.54, 1.807) is 24.3 Å². The first-order valence-electron chi connectivity index (χ1n) is 13.9. The molecule has 12 heteroatoms. The Kier molecular flexibility index (Phi) is 6.93. The van der Waals surface area contributed by atoms with Crippen LogP contribution < -0.4 is 9.47 Å². The Labute approximate surface area is 257 Å². The quantitative estimate of drug-likeness (QED) is 0.283. The normalized spacial score (nSPS) is 31.5. The lowest BCUT2D eigenvalue weighted by molar-refractivity contribution is -0.141. The third kappa shape index (κ3) is 3.99. The van der Waals surface area contributed by atoms with E-state index in [0.29, 0.717) is 17.6 Å². The Morgan fingerprint density at radius 2 is 1.53 bits per heavy atom. The smallest absolute Gasteiger partial charge is 0.253 e. The Balaban J connectivity index is 1.46. The molecular formula is C31H30Cl2N2O8. The van der Waals surface area contributed by atoms with Crippen molar-refractivity contribution in [2.45, 2.75) is 34.9 Å². The van der Waals surface area contributed by atoms with Crippen molar-refractivity contribution < 1.29 is 38.9 Å². The van der Waals surface area contributed by atoms with Crippen LogP contribution in [-0.2, 0) is 25.6 Å². The average Bonchev–Trinajstić information content (AvgIpc) is 3.31. The van der Waals surface area contributed by atoms with E-state index in [1.807, 2.05) is 6.08 Å². The number of alkyl halides is 2. The van der Waals surface area contributed by atoms with Gasteiger partial charge in [0.1, 0.15) is 23.0 Å². The fourth-order valence-corrected chi connectivity index (χ4v) is 8.46. The lowest BCUT2D eigenvalue weighted by atomic mass is 9.56. The summed E-state index contributed by atoms with van der Waals surface area (Å²) in [7, 11) is 4.09. The number of benzene rings is 2. The highest BCUT2D eigenvalue weighted by molar-refractivity contribution is 6.53. The molecule has 2 aliphatic carbocycles. The summed E-state index contributed by atoms with van der Waals surface area (Å²) >= 11 is 14.5. The zero-order valence-corrected chi connectivity index (χ0v) is 25.2. The standard InChI is InChI=1S/C31H30Cl2N2O8/c1-34-28(40)30(32)14-20-18(25(31(30,33)29(34)41)24-21(42-2)12-17(37)13-22(24)43-3)8-9-19-23(20)27(39)35(26(19)38)11-10-15-4-6-16(36)7-5-15/h4-8,12-13,19-20,23,25,36-37H,9-11,14H2,1-3H3/t19-,20+,23-,25+,30+,31-/m0/s1. The third-order valence-corrected chi connectivity index (χ3v) is 10.9. The molecule has 2 aliphatic heterocycles. The monoisotopic (exact) mass is 628 g/mol. The molecule has 2 N–H and O–H groups in total. The van der Waals surface area contributed by atoms with Gasteiger partial charge in [-0.15, -0.1) is 23.2 Å². The minimum absolute atomic E-state index is 0.117. The number of phenols is 2. The van der Waals surface area contributed by atoms with Gasteiger partial charge in [0.05, 0.1) is 26.1 Å². The van der Waals surface area contributed by atoms with Gasteiger partial charge in [0.15, 0.2) is 9.75 Å². The topological polar surface area (TPSA) is 134 Å². The molecule has 43 heavy (non-hydrogen) atoms. The largest absolute Gasteiger partial charge is 0.508 e. The predicted octanol–water partition coefficient (Wildman–Crippen LogP) is 3.35. The van der Waals surface area contributed by atoms with Crippen LogP contribution in [-0.4, -0.2) is 81.2 Å². The Morgan fingerprint density at radius 3 is 2.14 bits per heavy atom. The molecule has 3 fully saturated rings. The van der Waals surface area contributed by atoms with Gasteiger partial charge in [-0.1, -0.05) is 23.8 Å². The number of hydrogen-bond acceptors (Lipinski definition) is 8. The minimum atomic E-state index is -2.02. The van der Waals surface area contributed by atoms with E-state index >= 15 is 0 Å². The molecule has 4 amide bonds. The SMILES string of the molecule is COc1cc(O)cc(OC)c1[C@H]1C2=CC[C@@H]3C(=O)N(CCc4ccc(O)cc4)C(=O)[C@@H]3[C@@H]2C[C@@]2(Cl)C(=O)N(C)C(=O)[C@@]12Cl. The maximum absolute atomic E-state index is 14.0. The van der Waals surface area contributed by atoms with Crippen molar-refractivity contribution >= 4 is 46.8 Å². The third-order valence-electron chi connectivity index (χ3n) is 9.48. The van der Waals surface area contributed by atoms with Crippen LogP contribution in [0.4, 0.5) is 0 Å². The number of ether oxygens (including phenoxy) is 2. The molecule has 2 aromatic rings. The number of amides is 4. The second-order valence-corrected chi connectivity index (χ2v) is 12.7.